The Morgan fingerprint density at radius 2 is 1.90 bits per heavy atom. The van der Waals surface area contributed by atoms with Crippen LogP contribution in [0, 0.1) is 6.92 Å². The summed E-state index contributed by atoms with van der Waals surface area (Å²) >= 11 is 0. The molecule has 0 aliphatic carbocycles. The van der Waals surface area contributed by atoms with Crippen LogP contribution in [0.1, 0.15) is 19.5 Å². The third-order valence-corrected chi connectivity index (χ3v) is 3.51. The van der Waals surface area contributed by atoms with Crippen molar-refractivity contribution < 1.29 is 4.79 Å². The van der Waals surface area contributed by atoms with Crippen molar-refractivity contribution in [1.82, 2.24) is 14.7 Å². The molecule has 20 heavy (non-hydrogen) atoms. The van der Waals surface area contributed by atoms with Crippen molar-refractivity contribution in [2.45, 2.75) is 33.4 Å². The first kappa shape index (κ1) is 14.2. The van der Waals surface area contributed by atoms with Gasteiger partial charge in [-0.05, 0) is 26.8 Å². The van der Waals surface area contributed by atoms with Gasteiger partial charge in [-0.2, -0.15) is 5.10 Å². The van der Waals surface area contributed by atoms with Crippen molar-refractivity contribution in [3.05, 3.63) is 40.3 Å². The molecule has 2 rings (SSSR count). The van der Waals surface area contributed by atoms with Crippen LogP contribution in [-0.4, -0.2) is 33.7 Å². The lowest BCUT2D eigenvalue weighted by Gasteiger charge is -2.21. The van der Waals surface area contributed by atoms with E-state index < -0.39 is 0 Å². The zero-order valence-electron chi connectivity index (χ0n) is 12.3. The maximum atomic E-state index is 12.3. The molecule has 0 saturated carbocycles. The molecule has 1 aromatic carbocycles. The quantitative estimate of drug-likeness (QED) is 0.853. The van der Waals surface area contributed by atoms with Crippen LogP contribution in [0.3, 0.4) is 0 Å². The number of amides is 1. The second kappa shape index (κ2) is 5.45. The van der Waals surface area contributed by atoms with Gasteiger partial charge in [-0.1, -0.05) is 18.2 Å². The Kier molecular flexibility index (Phi) is 3.88. The lowest BCUT2D eigenvalue weighted by atomic mass is 10.1. The topological polar surface area (TPSA) is 55.2 Å². The van der Waals surface area contributed by atoms with Gasteiger partial charge in [0.15, 0.2) is 0 Å². The summed E-state index contributed by atoms with van der Waals surface area (Å²) in [6.45, 7) is 5.67. The summed E-state index contributed by atoms with van der Waals surface area (Å²) in [5.41, 5.74) is 0.525. The van der Waals surface area contributed by atoms with Gasteiger partial charge in [-0.3, -0.25) is 9.59 Å². The Morgan fingerprint density at radius 1 is 1.30 bits per heavy atom. The first-order chi connectivity index (χ1) is 9.41. The van der Waals surface area contributed by atoms with E-state index in [9.17, 15) is 9.59 Å². The largest absolute Gasteiger partial charge is 0.342 e. The Labute approximate surface area is 117 Å². The molecular formula is C15H19N3O2. The number of hydrogen-bond acceptors (Lipinski definition) is 3. The molecule has 1 aromatic heterocycles. The van der Waals surface area contributed by atoms with E-state index in [2.05, 4.69) is 5.10 Å². The Balaban J connectivity index is 2.44. The summed E-state index contributed by atoms with van der Waals surface area (Å²) in [5.74, 6) is -0.121. The molecule has 0 fully saturated rings. The van der Waals surface area contributed by atoms with Crippen molar-refractivity contribution in [2.24, 2.45) is 0 Å². The Bertz CT molecular complexity index is 704. The summed E-state index contributed by atoms with van der Waals surface area (Å²) in [5, 5.41) is 5.67. The number of likely N-dealkylation sites (N-methyl/N-ethyl adjacent to an activating group) is 1. The zero-order valence-corrected chi connectivity index (χ0v) is 12.3. The maximum absolute atomic E-state index is 12.3. The molecule has 5 nitrogen and oxygen atoms in total. The van der Waals surface area contributed by atoms with Crippen LogP contribution >= 0.6 is 0 Å². The van der Waals surface area contributed by atoms with E-state index >= 15 is 0 Å². The van der Waals surface area contributed by atoms with Gasteiger partial charge >= 0.3 is 0 Å². The molecule has 0 unspecified atom stereocenters. The SMILES string of the molecule is Cc1nn(CC(=O)N(C)C(C)C)c(=O)c2ccccc12. The summed E-state index contributed by atoms with van der Waals surface area (Å²) in [6, 6.07) is 7.42. The molecule has 0 atom stereocenters. The number of aryl methyl sites for hydroxylation is 1. The summed E-state index contributed by atoms with van der Waals surface area (Å²) in [6.07, 6.45) is 0. The van der Waals surface area contributed by atoms with Crippen LogP contribution in [0.15, 0.2) is 29.1 Å². The van der Waals surface area contributed by atoms with Crippen molar-refractivity contribution in [3.8, 4) is 0 Å². The molecule has 1 amide bonds. The first-order valence-corrected chi connectivity index (χ1v) is 6.64. The molecule has 0 N–H and O–H groups in total. The highest BCUT2D eigenvalue weighted by Crippen LogP contribution is 2.11. The van der Waals surface area contributed by atoms with E-state index in [4.69, 9.17) is 0 Å². The molecule has 106 valence electrons. The third kappa shape index (κ3) is 2.57. The molecule has 0 aliphatic heterocycles. The van der Waals surface area contributed by atoms with Crippen LogP contribution < -0.4 is 5.56 Å². The lowest BCUT2D eigenvalue weighted by molar-refractivity contribution is -0.132. The minimum atomic E-state index is -0.225. The summed E-state index contributed by atoms with van der Waals surface area (Å²) in [7, 11) is 1.73. The van der Waals surface area contributed by atoms with Crippen LogP contribution in [0.25, 0.3) is 10.8 Å². The number of hydrogen-bond donors (Lipinski definition) is 0. The second-order valence-electron chi connectivity index (χ2n) is 5.19. The van der Waals surface area contributed by atoms with E-state index in [-0.39, 0.29) is 24.1 Å². The number of benzene rings is 1. The lowest BCUT2D eigenvalue weighted by Crippen LogP contribution is -2.38. The van der Waals surface area contributed by atoms with E-state index in [0.29, 0.717) is 5.39 Å². The van der Waals surface area contributed by atoms with Gasteiger partial charge in [0.2, 0.25) is 5.91 Å². The fourth-order valence-electron chi connectivity index (χ4n) is 2.04. The van der Waals surface area contributed by atoms with Gasteiger partial charge in [0.25, 0.3) is 5.56 Å². The zero-order chi connectivity index (χ0) is 14.9. The van der Waals surface area contributed by atoms with Crippen molar-refractivity contribution in [3.63, 3.8) is 0 Å². The number of fused-ring (bicyclic) bond motifs is 1. The average Bonchev–Trinajstić information content (AvgIpc) is 2.43. The van der Waals surface area contributed by atoms with Crippen LogP contribution in [0.5, 0.6) is 0 Å². The molecule has 0 bridgehead atoms. The van der Waals surface area contributed by atoms with Crippen LogP contribution in [0.2, 0.25) is 0 Å². The Hall–Kier alpha value is -2.17. The van der Waals surface area contributed by atoms with Gasteiger partial charge in [-0.15, -0.1) is 0 Å². The molecule has 0 radical (unpaired) electrons. The van der Waals surface area contributed by atoms with E-state index in [0.717, 1.165) is 11.1 Å². The fourth-order valence-corrected chi connectivity index (χ4v) is 2.04. The number of aromatic nitrogens is 2. The predicted octanol–water partition coefficient (Wildman–Crippen LogP) is 1.57. The highest BCUT2D eigenvalue weighted by Gasteiger charge is 2.15. The van der Waals surface area contributed by atoms with Gasteiger partial charge in [0.1, 0.15) is 6.54 Å². The number of carbonyl (C=O) groups is 1. The molecule has 0 aliphatic rings. The van der Waals surface area contributed by atoms with Gasteiger partial charge in [0.05, 0.1) is 11.1 Å². The normalized spacial score (nSPS) is 11.1. The predicted molar refractivity (Wildman–Crippen MR) is 78.6 cm³/mol. The molecule has 0 spiro atoms. The fraction of sp³-hybridized carbons (Fsp3) is 0.400. The minimum absolute atomic E-state index is 0.0286. The number of nitrogens with zero attached hydrogens (tertiary/aromatic N) is 3. The van der Waals surface area contributed by atoms with Crippen molar-refractivity contribution in [2.75, 3.05) is 7.05 Å². The minimum Gasteiger partial charge on any atom is -0.342 e. The van der Waals surface area contributed by atoms with Gasteiger partial charge in [0, 0.05) is 18.5 Å². The molecule has 2 aromatic rings. The smallest absolute Gasteiger partial charge is 0.275 e. The second-order valence-corrected chi connectivity index (χ2v) is 5.19. The van der Waals surface area contributed by atoms with Gasteiger partial charge in [-0.25, -0.2) is 4.68 Å². The highest BCUT2D eigenvalue weighted by molar-refractivity contribution is 5.83. The number of carbonyl (C=O) groups excluding carboxylic acids is 1. The monoisotopic (exact) mass is 273 g/mol. The molecule has 1 heterocycles. The van der Waals surface area contributed by atoms with Crippen LogP contribution in [-0.2, 0) is 11.3 Å². The maximum Gasteiger partial charge on any atom is 0.275 e. The summed E-state index contributed by atoms with van der Waals surface area (Å²) in [4.78, 5) is 26.0. The highest BCUT2D eigenvalue weighted by atomic mass is 16.2. The molecule has 5 heteroatoms. The average molecular weight is 273 g/mol. The number of rotatable bonds is 3. The molecule has 0 saturated heterocycles. The van der Waals surface area contributed by atoms with E-state index in [1.54, 1.807) is 18.0 Å². The van der Waals surface area contributed by atoms with Gasteiger partial charge < -0.3 is 4.90 Å². The van der Waals surface area contributed by atoms with Crippen molar-refractivity contribution in [1.29, 1.82) is 0 Å². The standard InChI is InChI=1S/C15H19N3O2/c1-10(2)17(4)14(19)9-18-15(20)13-8-6-5-7-12(13)11(3)16-18/h5-8,10H,9H2,1-4H3. The third-order valence-electron chi connectivity index (χ3n) is 3.51. The first-order valence-electron chi connectivity index (χ1n) is 6.64. The van der Waals surface area contributed by atoms with Crippen molar-refractivity contribution >= 4 is 16.7 Å². The van der Waals surface area contributed by atoms with Crippen LogP contribution in [0.4, 0.5) is 0 Å². The molecular weight excluding hydrogens is 254 g/mol. The summed E-state index contributed by atoms with van der Waals surface area (Å²) < 4.78 is 1.25. The Morgan fingerprint density at radius 3 is 2.50 bits per heavy atom. The van der Waals surface area contributed by atoms with E-state index in [1.807, 2.05) is 39.0 Å². The van der Waals surface area contributed by atoms with E-state index in [1.165, 1.54) is 4.68 Å².